The van der Waals surface area contributed by atoms with E-state index in [1.165, 1.54) is 5.56 Å². The third-order valence-electron chi connectivity index (χ3n) is 3.60. The van der Waals surface area contributed by atoms with Gasteiger partial charge in [0.25, 0.3) is 11.8 Å². The summed E-state index contributed by atoms with van der Waals surface area (Å²) >= 11 is 0. The first-order valence-corrected chi connectivity index (χ1v) is 7.79. The highest BCUT2D eigenvalue weighted by Crippen LogP contribution is 2.14. The Bertz CT molecular complexity index is 788. The standard InChI is InChI=1S/C19H21N3O3/c1-12-8-13(2)17(14(3)9-12)10-21-22-19(24)15-4-6-16(7-5-15)25-11-18(20)23/h4-10H,11H2,1-3H3,(H2,20,23)(H,22,24)/b21-10+. The van der Waals surface area contributed by atoms with Gasteiger partial charge in [-0.25, -0.2) is 5.43 Å². The molecule has 0 saturated carbocycles. The van der Waals surface area contributed by atoms with Crippen LogP contribution in [0.5, 0.6) is 5.75 Å². The van der Waals surface area contributed by atoms with Gasteiger partial charge in [0.2, 0.25) is 0 Å². The number of carbonyl (C=O) groups is 2. The molecule has 0 atom stereocenters. The van der Waals surface area contributed by atoms with E-state index in [2.05, 4.69) is 22.7 Å². The summed E-state index contributed by atoms with van der Waals surface area (Å²) in [5.74, 6) is -0.428. The summed E-state index contributed by atoms with van der Waals surface area (Å²) in [7, 11) is 0. The van der Waals surface area contributed by atoms with Gasteiger partial charge in [0.05, 0.1) is 6.21 Å². The molecule has 0 aromatic heterocycles. The van der Waals surface area contributed by atoms with Gasteiger partial charge in [-0.3, -0.25) is 9.59 Å². The highest BCUT2D eigenvalue weighted by atomic mass is 16.5. The number of hydrogen-bond acceptors (Lipinski definition) is 4. The Kier molecular flexibility index (Phi) is 5.89. The number of benzene rings is 2. The summed E-state index contributed by atoms with van der Waals surface area (Å²) < 4.78 is 5.14. The molecule has 6 heteroatoms. The lowest BCUT2D eigenvalue weighted by atomic mass is 10.0. The van der Waals surface area contributed by atoms with E-state index in [1.807, 2.05) is 20.8 Å². The maximum absolute atomic E-state index is 12.1. The first-order chi connectivity index (χ1) is 11.9. The van der Waals surface area contributed by atoms with E-state index < -0.39 is 5.91 Å². The van der Waals surface area contributed by atoms with Crippen LogP contribution in [0.15, 0.2) is 41.5 Å². The third kappa shape index (κ3) is 5.17. The number of nitrogens with one attached hydrogen (secondary N) is 1. The Morgan fingerprint density at radius 3 is 2.28 bits per heavy atom. The molecule has 0 fully saturated rings. The molecule has 0 spiro atoms. The summed E-state index contributed by atoms with van der Waals surface area (Å²) in [4.78, 5) is 22.8. The SMILES string of the molecule is Cc1cc(C)c(/C=N/NC(=O)c2ccc(OCC(N)=O)cc2)c(C)c1. The Balaban J connectivity index is 1.99. The second kappa shape index (κ2) is 8.10. The summed E-state index contributed by atoms with van der Waals surface area (Å²) in [6, 6.07) is 10.5. The molecule has 2 rings (SSSR count). The van der Waals surface area contributed by atoms with Crippen molar-refractivity contribution >= 4 is 18.0 Å². The molecule has 130 valence electrons. The van der Waals surface area contributed by atoms with Gasteiger partial charge in [-0.15, -0.1) is 0 Å². The van der Waals surface area contributed by atoms with E-state index in [4.69, 9.17) is 10.5 Å². The monoisotopic (exact) mass is 339 g/mol. The van der Waals surface area contributed by atoms with Gasteiger partial charge >= 0.3 is 0 Å². The third-order valence-corrected chi connectivity index (χ3v) is 3.60. The van der Waals surface area contributed by atoms with Gasteiger partial charge in [-0.05, 0) is 56.2 Å². The second-order valence-corrected chi connectivity index (χ2v) is 5.79. The zero-order chi connectivity index (χ0) is 18.4. The molecule has 25 heavy (non-hydrogen) atoms. The van der Waals surface area contributed by atoms with Crippen molar-refractivity contribution in [3.8, 4) is 5.75 Å². The molecule has 3 N–H and O–H groups in total. The molecule has 0 saturated heterocycles. The van der Waals surface area contributed by atoms with Gasteiger partial charge in [0.1, 0.15) is 5.75 Å². The molecule has 0 heterocycles. The molecule has 0 radical (unpaired) electrons. The number of rotatable bonds is 6. The van der Waals surface area contributed by atoms with Gasteiger partial charge in [0.15, 0.2) is 6.61 Å². The number of primary amides is 1. The Labute approximate surface area is 146 Å². The van der Waals surface area contributed by atoms with Crippen LogP contribution < -0.4 is 15.9 Å². The fourth-order valence-corrected chi connectivity index (χ4v) is 2.47. The first-order valence-electron chi connectivity index (χ1n) is 7.79. The van der Waals surface area contributed by atoms with E-state index >= 15 is 0 Å². The smallest absolute Gasteiger partial charge is 0.271 e. The largest absolute Gasteiger partial charge is 0.484 e. The minimum atomic E-state index is -0.558. The maximum atomic E-state index is 12.1. The van der Waals surface area contributed by atoms with Gasteiger partial charge < -0.3 is 10.5 Å². The fourth-order valence-electron chi connectivity index (χ4n) is 2.47. The average molecular weight is 339 g/mol. The topological polar surface area (TPSA) is 93.8 Å². The van der Waals surface area contributed by atoms with Crippen molar-refractivity contribution in [1.29, 1.82) is 0 Å². The van der Waals surface area contributed by atoms with Crippen molar-refractivity contribution in [2.45, 2.75) is 20.8 Å². The summed E-state index contributed by atoms with van der Waals surface area (Å²) in [5.41, 5.74) is 12.3. The van der Waals surface area contributed by atoms with E-state index in [0.29, 0.717) is 11.3 Å². The molecular weight excluding hydrogens is 318 g/mol. The highest BCUT2D eigenvalue weighted by Gasteiger charge is 2.06. The van der Waals surface area contributed by atoms with Crippen molar-refractivity contribution in [1.82, 2.24) is 5.43 Å². The lowest BCUT2D eigenvalue weighted by Crippen LogP contribution is -2.20. The first kappa shape index (κ1) is 18.2. The molecule has 2 aromatic carbocycles. The number of nitrogens with two attached hydrogens (primary N) is 1. The molecule has 6 nitrogen and oxygen atoms in total. The Morgan fingerprint density at radius 2 is 1.72 bits per heavy atom. The van der Waals surface area contributed by atoms with Crippen LogP contribution in [-0.2, 0) is 4.79 Å². The average Bonchev–Trinajstić information content (AvgIpc) is 2.55. The number of hydrogen-bond donors (Lipinski definition) is 2. The van der Waals surface area contributed by atoms with Crippen LogP contribution in [-0.4, -0.2) is 24.6 Å². The normalized spacial score (nSPS) is 10.7. The van der Waals surface area contributed by atoms with Crippen molar-refractivity contribution in [2.75, 3.05) is 6.61 Å². The summed E-state index contributed by atoms with van der Waals surface area (Å²) in [5, 5.41) is 4.03. The van der Waals surface area contributed by atoms with Crippen LogP contribution in [0.25, 0.3) is 0 Å². The minimum absolute atomic E-state index is 0.203. The van der Waals surface area contributed by atoms with Crippen molar-refractivity contribution < 1.29 is 14.3 Å². The van der Waals surface area contributed by atoms with Crippen LogP contribution >= 0.6 is 0 Å². The Morgan fingerprint density at radius 1 is 1.12 bits per heavy atom. The fraction of sp³-hybridized carbons (Fsp3) is 0.211. The van der Waals surface area contributed by atoms with Gasteiger partial charge in [-0.2, -0.15) is 5.10 Å². The highest BCUT2D eigenvalue weighted by molar-refractivity contribution is 5.95. The maximum Gasteiger partial charge on any atom is 0.271 e. The Hall–Kier alpha value is -3.15. The summed E-state index contributed by atoms with van der Waals surface area (Å²) in [6.45, 7) is 5.85. The van der Waals surface area contributed by atoms with E-state index in [-0.39, 0.29) is 12.5 Å². The molecule has 2 aromatic rings. The zero-order valence-electron chi connectivity index (χ0n) is 14.5. The van der Waals surface area contributed by atoms with E-state index in [9.17, 15) is 9.59 Å². The number of carbonyl (C=O) groups excluding carboxylic acids is 2. The molecule has 0 unspecified atom stereocenters. The van der Waals surface area contributed by atoms with Crippen molar-refractivity contribution in [3.05, 3.63) is 64.2 Å². The minimum Gasteiger partial charge on any atom is -0.484 e. The van der Waals surface area contributed by atoms with Crippen LogP contribution in [0.3, 0.4) is 0 Å². The number of nitrogens with zero attached hydrogens (tertiary/aromatic N) is 1. The van der Waals surface area contributed by atoms with Crippen LogP contribution in [0.1, 0.15) is 32.6 Å². The van der Waals surface area contributed by atoms with E-state index in [1.54, 1.807) is 30.5 Å². The predicted molar refractivity (Wildman–Crippen MR) is 96.8 cm³/mol. The van der Waals surface area contributed by atoms with Crippen LogP contribution in [0, 0.1) is 20.8 Å². The van der Waals surface area contributed by atoms with Gasteiger partial charge in [0, 0.05) is 11.1 Å². The number of ether oxygens (including phenoxy) is 1. The predicted octanol–water partition coefficient (Wildman–Crippen LogP) is 2.24. The summed E-state index contributed by atoms with van der Waals surface area (Å²) in [6.07, 6.45) is 1.65. The lowest BCUT2D eigenvalue weighted by molar-refractivity contribution is -0.119. The number of hydrazone groups is 1. The quantitative estimate of drug-likeness (QED) is 0.624. The molecule has 0 aliphatic carbocycles. The molecule has 0 aliphatic heterocycles. The van der Waals surface area contributed by atoms with Crippen molar-refractivity contribution in [2.24, 2.45) is 10.8 Å². The number of aryl methyl sites for hydroxylation is 3. The van der Waals surface area contributed by atoms with Crippen LogP contribution in [0.4, 0.5) is 0 Å². The van der Waals surface area contributed by atoms with Crippen LogP contribution in [0.2, 0.25) is 0 Å². The molecule has 0 bridgehead atoms. The lowest BCUT2D eigenvalue weighted by Gasteiger charge is -2.07. The molecular formula is C19H21N3O3. The zero-order valence-corrected chi connectivity index (χ0v) is 14.5. The van der Waals surface area contributed by atoms with E-state index in [0.717, 1.165) is 16.7 Å². The molecule has 0 aliphatic rings. The van der Waals surface area contributed by atoms with Gasteiger partial charge in [-0.1, -0.05) is 17.7 Å². The van der Waals surface area contributed by atoms with Crippen molar-refractivity contribution in [3.63, 3.8) is 0 Å². The second-order valence-electron chi connectivity index (χ2n) is 5.79. The molecule has 2 amide bonds. The number of amides is 2.